The van der Waals surface area contributed by atoms with E-state index in [0.717, 1.165) is 24.1 Å². The zero-order valence-electron chi connectivity index (χ0n) is 13.5. The molecule has 0 aromatic heterocycles. The molecule has 1 aliphatic rings. The van der Waals surface area contributed by atoms with Crippen LogP contribution in [0, 0.1) is 0 Å². The molecule has 1 aromatic rings. The lowest BCUT2D eigenvalue weighted by molar-refractivity contribution is 0.314. The number of halogens is 1. The first-order valence-electron chi connectivity index (χ1n) is 8.02. The number of benzene rings is 1. The molecule has 118 valence electrons. The fraction of sp³-hybridized carbons (Fsp3) is 0.647. The summed E-state index contributed by atoms with van der Waals surface area (Å²) >= 11 is 3.60. The highest BCUT2D eigenvalue weighted by atomic mass is 79.9. The number of likely N-dealkylation sites (tertiary alicyclic amines) is 1. The van der Waals surface area contributed by atoms with Crippen LogP contribution >= 0.6 is 15.9 Å². The first-order chi connectivity index (χ1) is 10.1. The Morgan fingerprint density at radius 1 is 1.43 bits per heavy atom. The van der Waals surface area contributed by atoms with Crippen molar-refractivity contribution in [2.24, 2.45) is 0 Å². The standard InChI is InChI=1S/C17H28BrN3/c1-4-9-19-12-14-11-15(18)7-8-17(14)21(3)13-16-6-5-10-20(16)2/h7-8,11,16,19H,4-6,9-10,12-13H2,1-3H3. The Labute approximate surface area is 137 Å². The topological polar surface area (TPSA) is 18.5 Å². The second-order valence-electron chi connectivity index (χ2n) is 6.11. The van der Waals surface area contributed by atoms with Gasteiger partial charge in [0, 0.05) is 36.3 Å². The summed E-state index contributed by atoms with van der Waals surface area (Å²) in [5.74, 6) is 0. The monoisotopic (exact) mass is 353 g/mol. The lowest BCUT2D eigenvalue weighted by atomic mass is 10.1. The third kappa shape index (κ3) is 4.70. The molecule has 1 fully saturated rings. The smallest absolute Gasteiger partial charge is 0.0410 e. The second kappa shape index (κ2) is 8.16. The highest BCUT2D eigenvalue weighted by Crippen LogP contribution is 2.26. The number of likely N-dealkylation sites (N-methyl/N-ethyl adjacent to an activating group) is 2. The molecular weight excluding hydrogens is 326 g/mol. The maximum absolute atomic E-state index is 3.60. The number of nitrogens with one attached hydrogen (secondary N) is 1. The van der Waals surface area contributed by atoms with Crippen LogP contribution in [0.3, 0.4) is 0 Å². The lowest BCUT2D eigenvalue weighted by Gasteiger charge is -2.29. The molecule has 1 aromatic carbocycles. The minimum absolute atomic E-state index is 0.690. The SMILES string of the molecule is CCCNCc1cc(Br)ccc1N(C)CC1CCCN1C. The van der Waals surface area contributed by atoms with Crippen molar-refractivity contribution in [2.45, 2.75) is 38.8 Å². The van der Waals surface area contributed by atoms with Crippen LogP contribution in [-0.4, -0.2) is 44.7 Å². The third-order valence-corrected chi connectivity index (χ3v) is 4.84. The number of hydrogen-bond donors (Lipinski definition) is 1. The van der Waals surface area contributed by atoms with Crippen LogP contribution in [0.4, 0.5) is 5.69 Å². The summed E-state index contributed by atoms with van der Waals surface area (Å²) in [7, 11) is 4.47. The van der Waals surface area contributed by atoms with Gasteiger partial charge in [-0.05, 0) is 63.2 Å². The van der Waals surface area contributed by atoms with Crippen molar-refractivity contribution < 1.29 is 0 Å². The summed E-state index contributed by atoms with van der Waals surface area (Å²) in [6.07, 6.45) is 3.83. The molecule has 21 heavy (non-hydrogen) atoms. The molecule has 1 N–H and O–H groups in total. The zero-order chi connectivity index (χ0) is 15.2. The predicted octanol–water partition coefficient (Wildman–Crippen LogP) is 3.48. The van der Waals surface area contributed by atoms with Crippen molar-refractivity contribution in [3.05, 3.63) is 28.2 Å². The summed E-state index contributed by atoms with van der Waals surface area (Å²) in [5, 5.41) is 3.52. The summed E-state index contributed by atoms with van der Waals surface area (Å²) < 4.78 is 1.16. The van der Waals surface area contributed by atoms with E-state index in [1.165, 1.54) is 37.1 Å². The van der Waals surface area contributed by atoms with Crippen LogP contribution < -0.4 is 10.2 Å². The van der Waals surface area contributed by atoms with E-state index in [2.05, 4.69) is 70.3 Å². The van der Waals surface area contributed by atoms with Crippen molar-refractivity contribution in [3.63, 3.8) is 0 Å². The largest absolute Gasteiger partial charge is 0.373 e. The van der Waals surface area contributed by atoms with Gasteiger partial charge in [-0.15, -0.1) is 0 Å². The minimum atomic E-state index is 0.690. The van der Waals surface area contributed by atoms with Crippen LogP contribution in [-0.2, 0) is 6.54 Å². The molecule has 1 atom stereocenters. The lowest BCUT2D eigenvalue weighted by Crippen LogP contribution is -2.37. The van der Waals surface area contributed by atoms with Gasteiger partial charge in [0.1, 0.15) is 0 Å². The molecule has 0 amide bonds. The van der Waals surface area contributed by atoms with E-state index in [-0.39, 0.29) is 0 Å². The van der Waals surface area contributed by atoms with E-state index in [9.17, 15) is 0 Å². The van der Waals surface area contributed by atoms with Gasteiger partial charge in [-0.2, -0.15) is 0 Å². The summed E-state index contributed by atoms with van der Waals surface area (Å²) in [4.78, 5) is 4.91. The Morgan fingerprint density at radius 3 is 2.90 bits per heavy atom. The van der Waals surface area contributed by atoms with Gasteiger partial charge in [0.25, 0.3) is 0 Å². The molecule has 0 radical (unpaired) electrons. The molecular formula is C17H28BrN3. The minimum Gasteiger partial charge on any atom is -0.373 e. The number of rotatable bonds is 7. The van der Waals surface area contributed by atoms with E-state index in [0.29, 0.717) is 6.04 Å². The van der Waals surface area contributed by atoms with Crippen LogP contribution in [0.25, 0.3) is 0 Å². The first kappa shape index (κ1) is 16.8. The molecule has 1 unspecified atom stereocenters. The number of nitrogens with zero attached hydrogens (tertiary/aromatic N) is 2. The molecule has 0 saturated carbocycles. The van der Waals surface area contributed by atoms with E-state index in [4.69, 9.17) is 0 Å². The fourth-order valence-electron chi connectivity index (χ4n) is 3.09. The Kier molecular flexibility index (Phi) is 6.52. The fourth-order valence-corrected chi connectivity index (χ4v) is 3.50. The van der Waals surface area contributed by atoms with Gasteiger partial charge in [-0.25, -0.2) is 0 Å². The van der Waals surface area contributed by atoms with Crippen molar-refractivity contribution in [3.8, 4) is 0 Å². The Morgan fingerprint density at radius 2 is 2.24 bits per heavy atom. The average molecular weight is 354 g/mol. The van der Waals surface area contributed by atoms with Gasteiger partial charge in [-0.3, -0.25) is 0 Å². The maximum Gasteiger partial charge on any atom is 0.0410 e. The Hall–Kier alpha value is -0.580. The molecule has 0 spiro atoms. The van der Waals surface area contributed by atoms with Gasteiger partial charge < -0.3 is 15.1 Å². The normalized spacial score (nSPS) is 19.1. The number of anilines is 1. The van der Waals surface area contributed by atoms with Crippen molar-refractivity contribution >= 4 is 21.6 Å². The molecule has 3 nitrogen and oxygen atoms in total. The van der Waals surface area contributed by atoms with E-state index in [1.54, 1.807) is 0 Å². The van der Waals surface area contributed by atoms with Gasteiger partial charge >= 0.3 is 0 Å². The van der Waals surface area contributed by atoms with E-state index >= 15 is 0 Å². The van der Waals surface area contributed by atoms with Crippen LogP contribution in [0.2, 0.25) is 0 Å². The van der Waals surface area contributed by atoms with Gasteiger partial charge in [0.2, 0.25) is 0 Å². The van der Waals surface area contributed by atoms with Crippen molar-refractivity contribution in [1.82, 2.24) is 10.2 Å². The Balaban J connectivity index is 2.05. The highest BCUT2D eigenvalue weighted by molar-refractivity contribution is 9.10. The van der Waals surface area contributed by atoms with Crippen LogP contribution in [0.15, 0.2) is 22.7 Å². The van der Waals surface area contributed by atoms with Crippen LogP contribution in [0.5, 0.6) is 0 Å². The van der Waals surface area contributed by atoms with Gasteiger partial charge in [-0.1, -0.05) is 22.9 Å². The predicted molar refractivity (Wildman–Crippen MR) is 95.1 cm³/mol. The highest BCUT2D eigenvalue weighted by Gasteiger charge is 2.22. The molecule has 0 aliphatic carbocycles. The molecule has 1 aliphatic heterocycles. The van der Waals surface area contributed by atoms with Gasteiger partial charge in [0.05, 0.1) is 0 Å². The number of hydrogen-bond acceptors (Lipinski definition) is 3. The molecule has 1 saturated heterocycles. The molecule has 4 heteroatoms. The molecule has 0 bridgehead atoms. The second-order valence-corrected chi connectivity index (χ2v) is 7.02. The van der Waals surface area contributed by atoms with Gasteiger partial charge in [0.15, 0.2) is 0 Å². The zero-order valence-corrected chi connectivity index (χ0v) is 15.1. The van der Waals surface area contributed by atoms with Crippen LogP contribution in [0.1, 0.15) is 31.7 Å². The molecule has 1 heterocycles. The Bertz CT molecular complexity index is 450. The molecule has 2 rings (SSSR count). The maximum atomic E-state index is 3.60. The summed E-state index contributed by atoms with van der Waals surface area (Å²) in [5.41, 5.74) is 2.73. The average Bonchev–Trinajstić information content (AvgIpc) is 2.84. The van der Waals surface area contributed by atoms with Crippen molar-refractivity contribution in [2.75, 3.05) is 38.6 Å². The quantitative estimate of drug-likeness (QED) is 0.757. The van der Waals surface area contributed by atoms with E-state index < -0.39 is 0 Å². The summed E-state index contributed by atoms with van der Waals surface area (Å²) in [6, 6.07) is 7.32. The van der Waals surface area contributed by atoms with E-state index in [1.807, 2.05) is 0 Å². The summed E-state index contributed by atoms with van der Waals surface area (Å²) in [6.45, 7) is 6.56. The van der Waals surface area contributed by atoms with Crippen molar-refractivity contribution in [1.29, 1.82) is 0 Å². The third-order valence-electron chi connectivity index (χ3n) is 4.35. The first-order valence-corrected chi connectivity index (χ1v) is 8.81.